The topological polar surface area (TPSA) is 93.7 Å². The molecule has 0 radical (unpaired) electrons. The zero-order valence-corrected chi connectivity index (χ0v) is 14.6. The first-order valence-corrected chi connectivity index (χ1v) is 8.03. The Hall–Kier alpha value is -3.35. The van der Waals surface area contributed by atoms with Gasteiger partial charge in [-0.05, 0) is 43.3 Å². The van der Waals surface area contributed by atoms with E-state index in [1.54, 1.807) is 62.6 Å². The molecule has 0 aliphatic heterocycles. The van der Waals surface area contributed by atoms with Crippen LogP contribution < -0.4 is 15.4 Å². The predicted molar refractivity (Wildman–Crippen MR) is 97.3 cm³/mol. The molecule has 136 valence electrons. The Balaban J connectivity index is 1.95. The number of methoxy groups -OCH3 is 1. The van der Waals surface area contributed by atoms with Crippen molar-refractivity contribution in [2.75, 3.05) is 24.4 Å². The summed E-state index contributed by atoms with van der Waals surface area (Å²) in [5, 5.41) is 5.18. The van der Waals surface area contributed by atoms with E-state index in [9.17, 15) is 14.4 Å². The van der Waals surface area contributed by atoms with Gasteiger partial charge in [0.25, 0.3) is 0 Å². The second-order valence-corrected chi connectivity index (χ2v) is 5.27. The highest BCUT2D eigenvalue weighted by molar-refractivity contribution is 6.09. The van der Waals surface area contributed by atoms with Crippen LogP contribution in [-0.2, 0) is 14.3 Å². The van der Waals surface area contributed by atoms with E-state index in [0.29, 0.717) is 17.1 Å². The van der Waals surface area contributed by atoms with Crippen molar-refractivity contribution >= 4 is 29.2 Å². The number of anilines is 2. The van der Waals surface area contributed by atoms with Crippen molar-refractivity contribution in [3.63, 3.8) is 0 Å². The number of nitrogens with one attached hydrogen (secondary N) is 2. The van der Waals surface area contributed by atoms with Crippen molar-refractivity contribution in [3.8, 4) is 5.75 Å². The van der Waals surface area contributed by atoms with Gasteiger partial charge in [0.2, 0.25) is 11.8 Å². The van der Waals surface area contributed by atoms with Crippen LogP contribution in [0.25, 0.3) is 0 Å². The number of benzene rings is 2. The number of esters is 1. The fourth-order valence-corrected chi connectivity index (χ4v) is 2.20. The highest BCUT2D eigenvalue weighted by Gasteiger charge is 2.16. The lowest BCUT2D eigenvalue weighted by Crippen LogP contribution is -2.22. The largest absolute Gasteiger partial charge is 0.497 e. The third kappa shape index (κ3) is 5.34. The summed E-state index contributed by atoms with van der Waals surface area (Å²) >= 11 is 0. The summed E-state index contributed by atoms with van der Waals surface area (Å²) in [6.07, 6.45) is -0.386. The number of ether oxygens (including phenoxy) is 2. The van der Waals surface area contributed by atoms with E-state index in [4.69, 9.17) is 9.47 Å². The van der Waals surface area contributed by atoms with Crippen molar-refractivity contribution < 1.29 is 23.9 Å². The number of rotatable bonds is 7. The minimum Gasteiger partial charge on any atom is -0.497 e. The van der Waals surface area contributed by atoms with Gasteiger partial charge in [-0.15, -0.1) is 0 Å². The molecule has 0 spiro atoms. The Morgan fingerprint density at radius 1 is 0.923 bits per heavy atom. The molecule has 2 rings (SSSR count). The molecule has 0 saturated heterocycles. The fourth-order valence-electron chi connectivity index (χ4n) is 2.20. The summed E-state index contributed by atoms with van der Waals surface area (Å²) in [5.41, 5.74) is 1.09. The zero-order valence-electron chi connectivity index (χ0n) is 14.6. The monoisotopic (exact) mass is 356 g/mol. The molecule has 0 unspecified atom stereocenters. The first-order valence-electron chi connectivity index (χ1n) is 8.03. The smallest absolute Gasteiger partial charge is 0.340 e. The van der Waals surface area contributed by atoms with Crippen molar-refractivity contribution in [3.05, 3.63) is 54.1 Å². The van der Waals surface area contributed by atoms with Crippen LogP contribution in [0.2, 0.25) is 0 Å². The maximum absolute atomic E-state index is 12.1. The third-order valence-electron chi connectivity index (χ3n) is 3.39. The van der Waals surface area contributed by atoms with Crippen LogP contribution in [0.1, 0.15) is 23.7 Å². The Kier molecular flexibility index (Phi) is 6.73. The lowest BCUT2D eigenvalue weighted by molar-refractivity contribution is -0.123. The van der Waals surface area contributed by atoms with Gasteiger partial charge in [-0.25, -0.2) is 4.79 Å². The lowest BCUT2D eigenvalue weighted by Gasteiger charge is -2.10. The fraction of sp³-hybridized carbons (Fsp3) is 0.211. The van der Waals surface area contributed by atoms with Crippen LogP contribution >= 0.6 is 0 Å². The van der Waals surface area contributed by atoms with Gasteiger partial charge in [-0.2, -0.15) is 0 Å². The molecule has 2 aromatic carbocycles. The Morgan fingerprint density at radius 3 is 2.23 bits per heavy atom. The predicted octanol–water partition coefficient (Wildman–Crippen LogP) is 2.84. The molecule has 0 heterocycles. The van der Waals surface area contributed by atoms with E-state index in [-0.39, 0.29) is 18.6 Å². The van der Waals surface area contributed by atoms with Crippen LogP contribution in [0.15, 0.2) is 48.5 Å². The Bertz CT molecular complexity index is 787. The number of carbonyl (C=O) groups is 3. The molecule has 7 heteroatoms. The quantitative estimate of drug-likeness (QED) is 0.588. The number of amides is 2. The maximum Gasteiger partial charge on any atom is 0.340 e. The van der Waals surface area contributed by atoms with Gasteiger partial charge in [0, 0.05) is 5.69 Å². The van der Waals surface area contributed by atoms with Crippen LogP contribution in [0.5, 0.6) is 5.75 Å². The van der Waals surface area contributed by atoms with Crippen molar-refractivity contribution in [2.24, 2.45) is 0 Å². The molecular weight excluding hydrogens is 336 g/mol. The highest BCUT2D eigenvalue weighted by Crippen LogP contribution is 2.17. The molecule has 0 saturated carbocycles. The molecular formula is C19H20N2O5. The van der Waals surface area contributed by atoms with E-state index >= 15 is 0 Å². The zero-order chi connectivity index (χ0) is 18.9. The summed E-state index contributed by atoms with van der Waals surface area (Å²) in [5.74, 6) is -0.878. The number of para-hydroxylation sites is 1. The van der Waals surface area contributed by atoms with Crippen LogP contribution in [0.3, 0.4) is 0 Å². The van der Waals surface area contributed by atoms with Gasteiger partial charge >= 0.3 is 5.97 Å². The van der Waals surface area contributed by atoms with Crippen molar-refractivity contribution in [1.29, 1.82) is 0 Å². The molecule has 0 aliphatic rings. The SMILES string of the molecule is CCOC(=O)c1ccccc1NC(=O)CC(=O)Nc1ccc(OC)cc1. The van der Waals surface area contributed by atoms with Gasteiger partial charge in [-0.1, -0.05) is 12.1 Å². The second kappa shape index (κ2) is 9.22. The van der Waals surface area contributed by atoms with E-state index in [1.165, 1.54) is 0 Å². The van der Waals surface area contributed by atoms with E-state index < -0.39 is 17.8 Å². The molecule has 0 aliphatic carbocycles. The summed E-state index contributed by atoms with van der Waals surface area (Å²) in [6, 6.07) is 13.2. The Morgan fingerprint density at radius 2 is 1.58 bits per heavy atom. The van der Waals surface area contributed by atoms with Crippen molar-refractivity contribution in [1.82, 2.24) is 0 Å². The molecule has 26 heavy (non-hydrogen) atoms. The van der Waals surface area contributed by atoms with Gasteiger partial charge in [0.15, 0.2) is 0 Å². The second-order valence-electron chi connectivity index (χ2n) is 5.27. The van der Waals surface area contributed by atoms with Crippen LogP contribution in [0.4, 0.5) is 11.4 Å². The summed E-state index contributed by atoms with van der Waals surface area (Å²) in [4.78, 5) is 36.0. The molecule has 7 nitrogen and oxygen atoms in total. The van der Waals surface area contributed by atoms with E-state index in [1.807, 2.05) is 0 Å². The average molecular weight is 356 g/mol. The maximum atomic E-state index is 12.1. The first kappa shape index (κ1) is 19.0. The minimum atomic E-state index is -0.536. The normalized spacial score (nSPS) is 9.92. The lowest BCUT2D eigenvalue weighted by atomic mass is 10.1. The highest BCUT2D eigenvalue weighted by atomic mass is 16.5. The standard InChI is InChI=1S/C19H20N2O5/c1-3-26-19(24)15-6-4-5-7-16(15)21-18(23)12-17(22)20-13-8-10-14(25-2)11-9-13/h4-11H,3,12H2,1-2H3,(H,20,22)(H,21,23). The van der Waals surface area contributed by atoms with E-state index in [2.05, 4.69) is 10.6 Å². The van der Waals surface area contributed by atoms with Crippen molar-refractivity contribution in [2.45, 2.75) is 13.3 Å². The van der Waals surface area contributed by atoms with Crippen LogP contribution in [0, 0.1) is 0 Å². The van der Waals surface area contributed by atoms with Gasteiger partial charge in [0.1, 0.15) is 12.2 Å². The molecule has 2 aromatic rings. The minimum absolute atomic E-state index is 0.228. The number of carbonyl (C=O) groups excluding carboxylic acids is 3. The number of hydrogen-bond donors (Lipinski definition) is 2. The van der Waals surface area contributed by atoms with Gasteiger partial charge < -0.3 is 20.1 Å². The molecule has 0 atom stereocenters. The third-order valence-corrected chi connectivity index (χ3v) is 3.39. The molecule has 0 bridgehead atoms. The van der Waals surface area contributed by atoms with E-state index in [0.717, 1.165) is 0 Å². The Labute approximate surface area is 151 Å². The molecule has 0 fully saturated rings. The van der Waals surface area contributed by atoms with Gasteiger partial charge in [0.05, 0.1) is 25.0 Å². The summed E-state index contributed by atoms with van der Waals surface area (Å²) < 4.78 is 9.99. The number of hydrogen-bond acceptors (Lipinski definition) is 5. The average Bonchev–Trinajstić information content (AvgIpc) is 2.62. The molecule has 2 amide bonds. The first-order chi connectivity index (χ1) is 12.5. The van der Waals surface area contributed by atoms with Crippen LogP contribution in [-0.4, -0.2) is 31.5 Å². The summed E-state index contributed by atoms with van der Waals surface area (Å²) in [7, 11) is 1.55. The summed E-state index contributed by atoms with van der Waals surface area (Å²) in [6.45, 7) is 1.92. The molecule has 2 N–H and O–H groups in total. The van der Waals surface area contributed by atoms with Gasteiger partial charge in [-0.3, -0.25) is 9.59 Å². The molecule has 0 aromatic heterocycles.